The second-order valence-electron chi connectivity index (χ2n) is 7.49. The summed E-state index contributed by atoms with van der Waals surface area (Å²) in [5, 5.41) is 21.3. The summed E-state index contributed by atoms with van der Waals surface area (Å²) in [5.41, 5.74) is 3.72. The summed E-state index contributed by atoms with van der Waals surface area (Å²) in [6.07, 6.45) is -0.628. The van der Waals surface area contributed by atoms with Gasteiger partial charge in [-0.15, -0.1) is 0 Å². The highest BCUT2D eigenvalue weighted by atomic mass is 35.5. The third-order valence-corrected chi connectivity index (χ3v) is 6.04. The van der Waals surface area contributed by atoms with Crippen LogP contribution in [-0.2, 0) is 13.0 Å². The number of aromatic nitrogens is 2. The molecule has 0 radical (unpaired) electrons. The van der Waals surface area contributed by atoms with E-state index in [2.05, 4.69) is 25.9 Å². The molecule has 2 aromatic carbocycles. The van der Waals surface area contributed by atoms with Gasteiger partial charge < -0.3 is 20.7 Å². The molecule has 0 saturated carbocycles. The van der Waals surface area contributed by atoms with E-state index < -0.39 is 12.1 Å². The average Bonchev–Trinajstić information content (AvgIpc) is 3.48. The number of thiophene rings is 1. The maximum Gasteiger partial charge on any atom is 0.409 e. The SMILES string of the molecule is O=C(O)Nc1ccc(-c2nc([C@H](Cc3ccccc3)NC(=O)NCc3ccsc3)[nH]c2Cl)cc1. The van der Waals surface area contributed by atoms with E-state index in [0.29, 0.717) is 40.9 Å². The Morgan fingerprint density at radius 1 is 1.06 bits per heavy atom. The Bertz CT molecular complexity index is 1240. The van der Waals surface area contributed by atoms with Gasteiger partial charge in [-0.25, -0.2) is 14.6 Å². The zero-order valence-electron chi connectivity index (χ0n) is 17.9. The third kappa shape index (κ3) is 6.15. The molecule has 2 aromatic heterocycles. The number of carbonyl (C=O) groups excluding carboxylic acids is 1. The predicted molar refractivity (Wildman–Crippen MR) is 133 cm³/mol. The van der Waals surface area contributed by atoms with Gasteiger partial charge in [0.25, 0.3) is 0 Å². The third-order valence-electron chi connectivity index (χ3n) is 5.04. The van der Waals surface area contributed by atoms with Gasteiger partial charge in [-0.2, -0.15) is 11.3 Å². The maximum absolute atomic E-state index is 12.7. The van der Waals surface area contributed by atoms with Gasteiger partial charge in [0.05, 0.1) is 6.04 Å². The van der Waals surface area contributed by atoms with Crippen LogP contribution in [0.15, 0.2) is 71.4 Å². The van der Waals surface area contributed by atoms with Gasteiger partial charge in [-0.1, -0.05) is 54.1 Å². The minimum absolute atomic E-state index is 0.315. The zero-order chi connectivity index (χ0) is 23.9. The number of carbonyl (C=O) groups is 2. The second kappa shape index (κ2) is 10.9. The second-order valence-corrected chi connectivity index (χ2v) is 8.65. The number of nitrogens with zero attached hydrogens (tertiary/aromatic N) is 1. The average molecular weight is 496 g/mol. The molecule has 2 heterocycles. The van der Waals surface area contributed by atoms with E-state index >= 15 is 0 Å². The summed E-state index contributed by atoms with van der Waals surface area (Å²) in [7, 11) is 0. The van der Waals surface area contributed by atoms with Crippen molar-refractivity contribution in [1.29, 1.82) is 0 Å². The van der Waals surface area contributed by atoms with Crippen molar-refractivity contribution in [2.45, 2.75) is 19.0 Å². The number of carboxylic acid groups (broad SMARTS) is 1. The molecule has 0 aliphatic heterocycles. The van der Waals surface area contributed by atoms with Crippen LogP contribution in [0, 0.1) is 0 Å². The molecule has 0 bridgehead atoms. The highest BCUT2D eigenvalue weighted by Crippen LogP contribution is 2.29. The molecular weight excluding hydrogens is 474 g/mol. The van der Waals surface area contributed by atoms with Gasteiger partial charge >= 0.3 is 12.1 Å². The number of benzene rings is 2. The quantitative estimate of drug-likeness (QED) is 0.216. The predicted octanol–water partition coefficient (Wildman–Crippen LogP) is 5.66. The highest BCUT2D eigenvalue weighted by Gasteiger charge is 2.21. The van der Waals surface area contributed by atoms with Crippen molar-refractivity contribution in [3.63, 3.8) is 0 Å². The highest BCUT2D eigenvalue weighted by molar-refractivity contribution is 7.07. The summed E-state index contributed by atoms with van der Waals surface area (Å²) < 4.78 is 0. The Hall–Kier alpha value is -3.82. The number of H-pyrrole nitrogens is 1. The molecule has 4 aromatic rings. The molecule has 3 amide bonds. The number of hydrogen-bond acceptors (Lipinski definition) is 4. The van der Waals surface area contributed by atoms with Crippen molar-refractivity contribution in [2.75, 3.05) is 5.32 Å². The first-order valence-electron chi connectivity index (χ1n) is 10.4. The number of nitrogens with one attached hydrogen (secondary N) is 4. The summed E-state index contributed by atoms with van der Waals surface area (Å²) in [6.45, 7) is 0.425. The van der Waals surface area contributed by atoms with Gasteiger partial charge in [-0.3, -0.25) is 5.32 Å². The molecule has 5 N–H and O–H groups in total. The van der Waals surface area contributed by atoms with Crippen LogP contribution in [0.2, 0.25) is 5.15 Å². The molecule has 1 atom stereocenters. The van der Waals surface area contributed by atoms with Gasteiger partial charge in [0.15, 0.2) is 0 Å². The molecule has 10 heteroatoms. The van der Waals surface area contributed by atoms with Crippen molar-refractivity contribution in [3.8, 4) is 11.3 Å². The van der Waals surface area contributed by atoms with Crippen molar-refractivity contribution < 1.29 is 14.7 Å². The Labute approximate surface area is 205 Å². The smallest absolute Gasteiger partial charge is 0.409 e. The first-order valence-corrected chi connectivity index (χ1v) is 11.7. The van der Waals surface area contributed by atoms with E-state index in [4.69, 9.17) is 16.7 Å². The van der Waals surface area contributed by atoms with Crippen molar-refractivity contribution in [2.24, 2.45) is 0 Å². The van der Waals surface area contributed by atoms with Crippen LogP contribution in [0.1, 0.15) is 23.0 Å². The first-order chi connectivity index (χ1) is 16.5. The molecule has 174 valence electrons. The lowest BCUT2D eigenvalue weighted by atomic mass is 10.1. The number of urea groups is 1. The van der Waals surface area contributed by atoms with E-state index in [0.717, 1.165) is 11.1 Å². The molecule has 0 spiro atoms. The fraction of sp³-hybridized carbons (Fsp3) is 0.125. The van der Waals surface area contributed by atoms with Crippen LogP contribution < -0.4 is 16.0 Å². The molecule has 0 saturated heterocycles. The lowest BCUT2D eigenvalue weighted by Crippen LogP contribution is -2.38. The Kier molecular flexibility index (Phi) is 7.46. The summed E-state index contributed by atoms with van der Waals surface area (Å²) >= 11 is 8.04. The molecule has 0 fully saturated rings. The number of rotatable bonds is 8. The molecular formula is C24H22ClN5O3S. The summed E-state index contributed by atoms with van der Waals surface area (Å²) in [4.78, 5) is 31.2. The van der Waals surface area contributed by atoms with E-state index in [9.17, 15) is 9.59 Å². The Morgan fingerprint density at radius 3 is 2.50 bits per heavy atom. The minimum atomic E-state index is -1.14. The van der Waals surface area contributed by atoms with Crippen LogP contribution in [0.25, 0.3) is 11.3 Å². The topological polar surface area (TPSA) is 119 Å². The number of halogens is 1. The molecule has 0 unspecified atom stereocenters. The van der Waals surface area contributed by atoms with Crippen LogP contribution in [0.4, 0.5) is 15.3 Å². The van der Waals surface area contributed by atoms with Gasteiger partial charge in [0.1, 0.15) is 16.7 Å². The Balaban J connectivity index is 1.54. The van der Waals surface area contributed by atoms with Crippen LogP contribution in [-0.4, -0.2) is 27.2 Å². The summed E-state index contributed by atoms with van der Waals surface area (Å²) in [6, 6.07) is 17.7. The first kappa shape index (κ1) is 23.3. The Morgan fingerprint density at radius 2 is 1.82 bits per heavy atom. The number of hydrogen-bond donors (Lipinski definition) is 5. The van der Waals surface area contributed by atoms with Gasteiger partial charge in [0.2, 0.25) is 0 Å². The van der Waals surface area contributed by atoms with E-state index in [-0.39, 0.29) is 6.03 Å². The largest absolute Gasteiger partial charge is 0.465 e. The lowest BCUT2D eigenvalue weighted by Gasteiger charge is -2.17. The van der Waals surface area contributed by atoms with E-state index in [1.54, 1.807) is 35.6 Å². The molecule has 8 nitrogen and oxygen atoms in total. The van der Waals surface area contributed by atoms with E-state index in [1.807, 2.05) is 47.2 Å². The molecule has 34 heavy (non-hydrogen) atoms. The number of aromatic amines is 1. The molecule has 4 rings (SSSR count). The lowest BCUT2D eigenvalue weighted by molar-refractivity contribution is 0.209. The van der Waals surface area contributed by atoms with Crippen LogP contribution in [0.5, 0.6) is 0 Å². The monoisotopic (exact) mass is 495 g/mol. The normalized spacial score (nSPS) is 11.6. The number of imidazole rings is 1. The van der Waals surface area contributed by atoms with Crippen LogP contribution >= 0.6 is 22.9 Å². The van der Waals surface area contributed by atoms with Crippen molar-refractivity contribution in [1.82, 2.24) is 20.6 Å². The van der Waals surface area contributed by atoms with Crippen molar-refractivity contribution >= 4 is 40.7 Å². The minimum Gasteiger partial charge on any atom is -0.465 e. The van der Waals surface area contributed by atoms with Gasteiger partial charge in [0, 0.05) is 17.8 Å². The number of anilines is 1. The number of amides is 3. The molecule has 0 aliphatic rings. The van der Waals surface area contributed by atoms with E-state index in [1.165, 1.54) is 0 Å². The van der Waals surface area contributed by atoms with Crippen LogP contribution in [0.3, 0.4) is 0 Å². The van der Waals surface area contributed by atoms with Gasteiger partial charge in [-0.05, 0) is 46.5 Å². The fourth-order valence-electron chi connectivity index (χ4n) is 3.41. The maximum atomic E-state index is 12.7. The molecule has 0 aliphatic carbocycles. The standard InChI is InChI=1S/C24H22ClN5O3S/c25-21-20(17-6-8-18(9-7-17)27-24(32)33)29-22(30-21)19(12-15-4-2-1-3-5-15)28-23(31)26-13-16-10-11-34-14-16/h1-11,14,19,27H,12-13H2,(H,29,30)(H,32,33)(H2,26,28,31)/t19-/m0/s1. The fourth-order valence-corrected chi connectivity index (χ4v) is 4.33. The zero-order valence-corrected chi connectivity index (χ0v) is 19.5. The summed E-state index contributed by atoms with van der Waals surface area (Å²) in [5.74, 6) is 0.516. The van der Waals surface area contributed by atoms with Crippen molar-refractivity contribution in [3.05, 3.63) is 93.5 Å².